The Morgan fingerprint density at radius 3 is 2.50 bits per heavy atom. The molecule has 0 atom stereocenters. The van der Waals surface area contributed by atoms with E-state index in [1.165, 1.54) is 30.4 Å². The second-order valence-electron chi connectivity index (χ2n) is 4.83. The first kappa shape index (κ1) is 18.9. The van der Waals surface area contributed by atoms with Gasteiger partial charge < -0.3 is 25.2 Å². The Labute approximate surface area is 140 Å². The number of phenolic OH excluding ortho intramolecular Hbond substituents is 2. The van der Waals surface area contributed by atoms with Gasteiger partial charge in [0.25, 0.3) is 0 Å². The molecule has 4 N–H and O–H groups in total. The molecule has 1 aromatic carbocycles. The molecule has 128 valence electrons. The number of benzene rings is 1. The number of esters is 1. The number of ether oxygens (including phenoxy) is 1. The minimum Gasteiger partial charge on any atom is -0.512 e. The zero-order valence-corrected chi connectivity index (χ0v) is 13.3. The Morgan fingerprint density at radius 1 is 1.21 bits per heavy atom. The molecule has 0 saturated carbocycles. The summed E-state index contributed by atoms with van der Waals surface area (Å²) < 4.78 is 4.73. The molecule has 0 saturated heterocycles. The van der Waals surface area contributed by atoms with E-state index < -0.39 is 5.97 Å². The standard InChI is InChI=1S/C18H20O6/c1-3-24-18(23)11-15(20)9-14(8-12(2)19)5-4-13-6-7-16(21)17(22)10-13/h4-10,19-22H,2-3,11H2,1H3/b5-4+,14-8-,15-9+. The normalized spacial score (nSPS) is 12.4. The molecule has 0 spiro atoms. The van der Waals surface area contributed by atoms with Crippen LogP contribution in [0.2, 0.25) is 0 Å². The van der Waals surface area contributed by atoms with Gasteiger partial charge in [0.15, 0.2) is 11.5 Å². The molecule has 0 aliphatic rings. The molecule has 0 amide bonds. The van der Waals surface area contributed by atoms with Crippen molar-refractivity contribution in [1.82, 2.24) is 0 Å². The van der Waals surface area contributed by atoms with Crippen molar-refractivity contribution < 1.29 is 30.0 Å². The number of aliphatic hydroxyl groups excluding tert-OH is 2. The van der Waals surface area contributed by atoms with Crippen LogP contribution in [0, 0.1) is 0 Å². The van der Waals surface area contributed by atoms with Crippen molar-refractivity contribution in [2.24, 2.45) is 0 Å². The summed E-state index contributed by atoms with van der Waals surface area (Å²) >= 11 is 0. The first-order valence-electron chi connectivity index (χ1n) is 7.16. The van der Waals surface area contributed by atoms with Gasteiger partial charge in [-0.15, -0.1) is 0 Å². The molecule has 24 heavy (non-hydrogen) atoms. The van der Waals surface area contributed by atoms with E-state index in [2.05, 4.69) is 6.58 Å². The van der Waals surface area contributed by atoms with Crippen molar-refractivity contribution in [1.29, 1.82) is 0 Å². The SMILES string of the molecule is C=C(O)/C=C(/C=C/c1ccc(O)c(O)c1)\C=C(\O)CC(=O)OCC. The molecule has 6 nitrogen and oxygen atoms in total. The van der Waals surface area contributed by atoms with Gasteiger partial charge in [-0.2, -0.15) is 0 Å². The molecule has 0 fully saturated rings. The molecule has 0 unspecified atom stereocenters. The average Bonchev–Trinajstić information content (AvgIpc) is 2.47. The van der Waals surface area contributed by atoms with Gasteiger partial charge in [0.2, 0.25) is 0 Å². The number of carbonyl (C=O) groups is 1. The Balaban J connectivity index is 2.97. The lowest BCUT2D eigenvalue weighted by molar-refractivity contribution is -0.142. The van der Waals surface area contributed by atoms with Gasteiger partial charge in [-0.05, 0) is 42.3 Å². The lowest BCUT2D eigenvalue weighted by Gasteiger charge is -2.02. The number of hydrogen-bond donors (Lipinski definition) is 4. The van der Waals surface area contributed by atoms with Gasteiger partial charge in [0.05, 0.1) is 6.61 Å². The van der Waals surface area contributed by atoms with Crippen LogP contribution in [0.1, 0.15) is 18.9 Å². The van der Waals surface area contributed by atoms with Crippen molar-refractivity contribution >= 4 is 12.0 Å². The monoisotopic (exact) mass is 332 g/mol. The number of rotatable bonds is 7. The first-order valence-corrected chi connectivity index (χ1v) is 7.16. The van der Waals surface area contributed by atoms with E-state index in [4.69, 9.17) is 4.74 Å². The lowest BCUT2D eigenvalue weighted by atomic mass is 10.1. The van der Waals surface area contributed by atoms with Crippen LogP contribution in [-0.2, 0) is 9.53 Å². The van der Waals surface area contributed by atoms with Gasteiger partial charge in [0, 0.05) is 0 Å². The summed E-state index contributed by atoms with van der Waals surface area (Å²) in [6.07, 6.45) is 5.40. The van der Waals surface area contributed by atoms with Crippen LogP contribution in [0.5, 0.6) is 11.5 Å². The zero-order valence-electron chi connectivity index (χ0n) is 13.3. The summed E-state index contributed by atoms with van der Waals surface area (Å²) in [4.78, 5) is 11.3. The minimum absolute atomic E-state index is 0.215. The van der Waals surface area contributed by atoms with Crippen LogP contribution in [0.4, 0.5) is 0 Å². The third-order valence-corrected chi connectivity index (χ3v) is 2.77. The Kier molecular flexibility index (Phi) is 7.16. The maximum atomic E-state index is 11.3. The van der Waals surface area contributed by atoms with Gasteiger partial charge >= 0.3 is 5.97 Å². The Bertz CT molecular complexity index is 697. The van der Waals surface area contributed by atoms with Gasteiger partial charge in [0.1, 0.15) is 17.9 Å². The average molecular weight is 332 g/mol. The van der Waals surface area contributed by atoms with Crippen LogP contribution >= 0.6 is 0 Å². The minimum atomic E-state index is -0.569. The number of aromatic hydroxyl groups is 2. The molecule has 0 aliphatic heterocycles. The second kappa shape index (κ2) is 9.09. The largest absolute Gasteiger partial charge is 0.512 e. The van der Waals surface area contributed by atoms with Crippen molar-refractivity contribution in [2.45, 2.75) is 13.3 Å². The van der Waals surface area contributed by atoms with Crippen LogP contribution < -0.4 is 0 Å². The van der Waals surface area contributed by atoms with E-state index >= 15 is 0 Å². The number of aliphatic hydroxyl groups is 2. The number of carbonyl (C=O) groups excluding carboxylic acids is 1. The topological polar surface area (TPSA) is 107 Å². The maximum Gasteiger partial charge on any atom is 0.313 e. The van der Waals surface area contributed by atoms with Crippen LogP contribution in [-0.4, -0.2) is 33.0 Å². The summed E-state index contributed by atoms with van der Waals surface area (Å²) in [5.41, 5.74) is 0.954. The van der Waals surface area contributed by atoms with Crippen molar-refractivity contribution in [3.8, 4) is 11.5 Å². The van der Waals surface area contributed by atoms with Crippen molar-refractivity contribution in [3.05, 3.63) is 65.7 Å². The van der Waals surface area contributed by atoms with E-state index in [-0.39, 0.29) is 36.0 Å². The molecule has 1 aromatic rings. The van der Waals surface area contributed by atoms with E-state index in [0.29, 0.717) is 11.1 Å². The molecular weight excluding hydrogens is 312 g/mol. The van der Waals surface area contributed by atoms with E-state index in [1.807, 2.05) is 0 Å². The summed E-state index contributed by atoms with van der Waals surface area (Å²) in [5, 5.41) is 37.8. The smallest absolute Gasteiger partial charge is 0.313 e. The summed E-state index contributed by atoms with van der Waals surface area (Å²) in [6, 6.07) is 4.25. The zero-order chi connectivity index (χ0) is 18.1. The van der Waals surface area contributed by atoms with E-state index in [0.717, 1.165) is 0 Å². The molecule has 0 aromatic heterocycles. The molecule has 6 heteroatoms. The van der Waals surface area contributed by atoms with Crippen LogP contribution in [0.3, 0.4) is 0 Å². The van der Waals surface area contributed by atoms with Crippen molar-refractivity contribution in [2.75, 3.05) is 6.61 Å². The van der Waals surface area contributed by atoms with Crippen LogP contribution in [0.25, 0.3) is 6.08 Å². The molecule has 1 rings (SSSR count). The fourth-order valence-electron chi connectivity index (χ4n) is 1.77. The molecule has 0 aliphatic carbocycles. The highest BCUT2D eigenvalue weighted by atomic mass is 16.5. The molecular formula is C18H20O6. The van der Waals surface area contributed by atoms with E-state index in [1.54, 1.807) is 19.1 Å². The van der Waals surface area contributed by atoms with Gasteiger partial charge in [-0.25, -0.2) is 0 Å². The van der Waals surface area contributed by atoms with Crippen LogP contribution in [0.15, 0.2) is 60.1 Å². The maximum absolute atomic E-state index is 11.3. The number of allylic oxidation sites excluding steroid dienone is 4. The third kappa shape index (κ3) is 6.74. The summed E-state index contributed by atoms with van der Waals surface area (Å²) in [6.45, 7) is 5.22. The fraction of sp³-hybridized carbons (Fsp3) is 0.167. The Hall–Kier alpha value is -3.15. The van der Waals surface area contributed by atoms with Gasteiger partial charge in [-0.3, -0.25) is 4.79 Å². The number of phenols is 2. The summed E-state index contributed by atoms with van der Waals surface area (Å²) in [7, 11) is 0. The quantitative estimate of drug-likeness (QED) is 0.263. The lowest BCUT2D eigenvalue weighted by Crippen LogP contribution is -2.04. The highest BCUT2D eigenvalue weighted by molar-refractivity contribution is 5.72. The summed E-state index contributed by atoms with van der Waals surface area (Å²) in [5.74, 6) is -1.54. The predicted octanol–water partition coefficient (Wildman–Crippen LogP) is 3.50. The van der Waals surface area contributed by atoms with E-state index in [9.17, 15) is 25.2 Å². The molecule has 0 bridgehead atoms. The predicted molar refractivity (Wildman–Crippen MR) is 90.6 cm³/mol. The highest BCUT2D eigenvalue weighted by Gasteiger charge is 2.06. The highest BCUT2D eigenvalue weighted by Crippen LogP contribution is 2.25. The first-order chi connectivity index (χ1) is 11.3. The fourth-order valence-corrected chi connectivity index (χ4v) is 1.77. The third-order valence-electron chi connectivity index (χ3n) is 2.77. The van der Waals surface area contributed by atoms with Gasteiger partial charge in [-0.1, -0.05) is 24.8 Å². The van der Waals surface area contributed by atoms with Crippen molar-refractivity contribution in [3.63, 3.8) is 0 Å². The molecule has 0 radical (unpaired) electrons. The molecule has 0 heterocycles. The second-order valence-corrected chi connectivity index (χ2v) is 4.83. The number of hydrogen-bond acceptors (Lipinski definition) is 6. The Morgan fingerprint density at radius 2 is 1.92 bits per heavy atom.